The van der Waals surface area contributed by atoms with E-state index in [9.17, 15) is 18.0 Å². The fourth-order valence-electron chi connectivity index (χ4n) is 5.42. The fraction of sp³-hybridized carbons (Fsp3) is 0.462. The Hall–Kier alpha value is -3.05. The van der Waals surface area contributed by atoms with E-state index in [1.807, 2.05) is 41.0 Å². The number of hydrogen-bond donors (Lipinski definition) is 0. The largest absolute Gasteiger partial charge is 0.417 e. The molecule has 5 nitrogen and oxygen atoms in total. The van der Waals surface area contributed by atoms with E-state index in [0.717, 1.165) is 24.5 Å². The summed E-state index contributed by atoms with van der Waals surface area (Å²) in [6.45, 7) is 4.87. The van der Waals surface area contributed by atoms with Crippen molar-refractivity contribution in [3.8, 4) is 6.07 Å². The lowest BCUT2D eigenvalue weighted by Gasteiger charge is -2.43. The standard InChI is InChI=1S/C26H28F3N3O2/c1-18-4-3-5-19(12-18)24(33)32-15-21(16-34-2)25(17-32)8-10-31(11-9-25)22-7-6-20(14-30)23(13-22)26(27,28)29/h3-7,12-13,21H,8-11,15-17H2,1-2H3. The van der Waals surface area contributed by atoms with E-state index in [-0.39, 0.29) is 22.8 Å². The molecule has 0 radical (unpaired) electrons. The van der Waals surface area contributed by atoms with Crippen LogP contribution < -0.4 is 4.90 Å². The van der Waals surface area contributed by atoms with Crippen molar-refractivity contribution in [2.45, 2.75) is 25.9 Å². The number of anilines is 1. The summed E-state index contributed by atoms with van der Waals surface area (Å²) in [5.74, 6) is 0.172. The van der Waals surface area contributed by atoms with Crippen molar-refractivity contribution in [1.82, 2.24) is 4.90 Å². The number of nitriles is 1. The van der Waals surface area contributed by atoms with Crippen molar-refractivity contribution in [3.05, 3.63) is 64.7 Å². The molecule has 2 aliphatic rings. The van der Waals surface area contributed by atoms with E-state index in [0.29, 0.717) is 44.0 Å². The zero-order valence-corrected chi connectivity index (χ0v) is 19.4. The number of carbonyl (C=O) groups is 1. The first-order chi connectivity index (χ1) is 16.2. The van der Waals surface area contributed by atoms with Gasteiger partial charge in [0.1, 0.15) is 0 Å². The predicted molar refractivity (Wildman–Crippen MR) is 122 cm³/mol. The number of piperidine rings is 1. The van der Waals surface area contributed by atoms with Gasteiger partial charge in [0.25, 0.3) is 5.91 Å². The highest BCUT2D eigenvalue weighted by atomic mass is 19.4. The van der Waals surface area contributed by atoms with E-state index in [1.165, 1.54) is 6.07 Å². The topological polar surface area (TPSA) is 56.6 Å². The van der Waals surface area contributed by atoms with Gasteiger partial charge in [-0.1, -0.05) is 17.7 Å². The lowest BCUT2D eigenvalue weighted by Crippen LogP contribution is -2.45. The van der Waals surface area contributed by atoms with Crippen LogP contribution in [0, 0.1) is 29.6 Å². The third kappa shape index (κ3) is 4.62. The van der Waals surface area contributed by atoms with Crippen LogP contribution >= 0.6 is 0 Å². The Labute approximate surface area is 197 Å². The van der Waals surface area contributed by atoms with E-state index >= 15 is 0 Å². The van der Waals surface area contributed by atoms with Crippen LogP contribution in [-0.2, 0) is 10.9 Å². The van der Waals surface area contributed by atoms with Crippen molar-refractivity contribution < 1.29 is 22.7 Å². The number of methoxy groups -OCH3 is 1. The van der Waals surface area contributed by atoms with Crippen LogP contribution in [0.25, 0.3) is 0 Å². The van der Waals surface area contributed by atoms with Gasteiger partial charge in [0.15, 0.2) is 0 Å². The number of rotatable bonds is 4. The molecule has 2 aromatic carbocycles. The number of carbonyl (C=O) groups excluding carboxylic acids is 1. The molecule has 1 amide bonds. The molecule has 1 atom stereocenters. The second kappa shape index (κ2) is 9.30. The van der Waals surface area contributed by atoms with Crippen LogP contribution in [0.1, 0.15) is 39.9 Å². The minimum absolute atomic E-state index is 0.00557. The van der Waals surface area contributed by atoms with E-state index < -0.39 is 11.7 Å². The van der Waals surface area contributed by atoms with Crippen molar-refractivity contribution >= 4 is 11.6 Å². The number of nitrogens with zero attached hydrogens (tertiary/aromatic N) is 3. The van der Waals surface area contributed by atoms with Crippen LogP contribution in [-0.4, -0.2) is 50.7 Å². The Balaban J connectivity index is 1.52. The van der Waals surface area contributed by atoms with Crippen LogP contribution in [0.4, 0.5) is 18.9 Å². The average molecular weight is 472 g/mol. The number of ether oxygens (including phenoxy) is 1. The summed E-state index contributed by atoms with van der Waals surface area (Å²) in [6, 6.07) is 13.1. The summed E-state index contributed by atoms with van der Waals surface area (Å²) in [6.07, 6.45) is -3.08. The molecule has 34 heavy (non-hydrogen) atoms. The van der Waals surface area contributed by atoms with Gasteiger partial charge in [-0.05, 0) is 55.5 Å². The third-order valence-corrected chi connectivity index (χ3v) is 7.29. The maximum atomic E-state index is 13.4. The van der Waals surface area contributed by atoms with Crippen molar-refractivity contribution in [1.29, 1.82) is 5.26 Å². The highest BCUT2D eigenvalue weighted by Gasteiger charge is 2.49. The van der Waals surface area contributed by atoms with E-state index in [4.69, 9.17) is 10.00 Å². The summed E-state index contributed by atoms with van der Waals surface area (Å²) < 4.78 is 45.8. The lowest BCUT2D eigenvalue weighted by atomic mass is 9.71. The predicted octanol–water partition coefficient (Wildman–Crippen LogP) is 4.89. The zero-order chi connectivity index (χ0) is 24.5. The summed E-state index contributed by atoms with van der Waals surface area (Å²) in [5, 5.41) is 9.06. The van der Waals surface area contributed by atoms with Gasteiger partial charge < -0.3 is 14.5 Å². The smallest absolute Gasteiger partial charge is 0.384 e. The summed E-state index contributed by atoms with van der Waals surface area (Å²) in [7, 11) is 1.66. The van der Waals surface area contributed by atoms with E-state index in [2.05, 4.69) is 0 Å². The van der Waals surface area contributed by atoms with Gasteiger partial charge in [0.05, 0.1) is 23.8 Å². The molecule has 0 aliphatic carbocycles. The van der Waals surface area contributed by atoms with Crippen molar-refractivity contribution in [3.63, 3.8) is 0 Å². The SMILES string of the molecule is COCC1CN(C(=O)c2cccc(C)c2)CC12CCN(c1ccc(C#N)c(C(F)(F)F)c1)CC2. The van der Waals surface area contributed by atoms with Gasteiger partial charge in [0, 0.05) is 50.5 Å². The normalized spacial score (nSPS) is 19.9. The third-order valence-electron chi connectivity index (χ3n) is 7.29. The Bertz CT molecular complexity index is 1100. The maximum Gasteiger partial charge on any atom is 0.417 e. The van der Waals surface area contributed by atoms with E-state index in [1.54, 1.807) is 19.2 Å². The molecule has 0 saturated carbocycles. The molecule has 0 N–H and O–H groups in total. The van der Waals surface area contributed by atoms with Crippen molar-refractivity contribution in [2.24, 2.45) is 11.3 Å². The highest BCUT2D eigenvalue weighted by molar-refractivity contribution is 5.94. The maximum absolute atomic E-state index is 13.4. The number of aryl methyl sites for hydroxylation is 1. The van der Waals surface area contributed by atoms with Gasteiger partial charge in [-0.25, -0.2) is 0 Å². The number of benzene rings is 2. The van der Waals surface area contributed by atoms with Crippen LogP contribution in [0.15, 0.2) is 42.5 Å². The molecule has 2 aliphatic heterocycles. The van der Waals surface area contributed by atoms with Crippen molar-refractivity contribution in [2.75, 3.05) is 44.8 Å². The summed E-state index contributed by atoms with van der Waals surface area (Å²) in [5.41, 5.74) is 0.762. The molecular weight excluding hydrogens is 443 g/mol. The second-order valence-corrected chi connectivity index (χ2v) is 9.40. The molecule has 2 saturated heterocycles. The number of halogens is 3. The molecule has 4 rings (SSSR count). The first-order valence-electron chi connectivity index (χ1n) is 11.4. The molecule has 0 aromatic heterocycles. The molecule has 2 heterocycles. The Morgan fingerprint density at radius 2 is 1.94 bits per heavy atom. The second-order valence-electron chi connectivity index (χ2n) is 9.40. The lowest BCUT2D eigenvalue weighted by molar-refractivity contribution is -0.137. The molecule has 1 unspecified atom stereocenters. The highest BCUT2D eigenvalue weighted by Crippen LogP contribution is 2.46. The molecule has 2 fully saturated rings. The fourth-order valence-corrected chi connectivity index (χ4v) is 5.42. The minimum atomic E-state index is -4.58. The molecule has 0 bridgehead atoms. The number of hydrogen-bond acceptors (Lipinski definition) is 4. The zero-order valence-electron chi connectivity index (χ0n) is 19.4. The minimum Gasteiger partial charge on any atom is -0.384 e. The van der Waals surface area contributed by atoms with Crippen LogP contribution in [0.3, 0.4) is 0 Å². The monoisotopic (exact) mass is 471 g/mol. The Morgan fingerprint density at radius 3 is 2.56 bits per heavy atom. The number of amides is 1. The first kappa shape index (κ1) is 24.1. The Morgan fingerprint density at radius 1 is 1.21 bits per heavy atom. The first-order valence-corrected chi connectivity index (χ1v) is 11.4. The molecule has 8 heteroatoms. The summed E-state index contributed by atoms with van der Waals surface area (Å²) >= 11 is 0. The van der Waals surface area contributed by atoms with Crippen LogP contribution in [0.2, 0.25) is 0 Å². The summed E-state index contributed by atoms with van der Waals surface area (Å²) in [4.78, 5) is 17.0. The van der Waals surface area contributed by atoms with Crippen LogP contribution in [0.5, 0.6) is 0 Å². The number of likely N-dealkylation sites (tertiary alicyclic amines) is 1. The van der Waals surface area contributed by atoms with Gasteiger partial charge in [-0.2, -0.15) is 18.4 Å². The van der Waals surface area contributed by atoms with Gasteiger partial charge in [-0.15, -0.1) is 0 Å². The molecule has 1 spiro atoms. The molecule has 180 valence electrons. The van der Waals surface area contributed by atoms with Gasteiger partial charge >= 0.3 is 6.18 Å². The number of alkyl halides is 3. The van der Waals surface area contributed by atoms with Gasteiger partial charge in [0.2, 0.25) is 0 Å². The Kier molecular flexibility index (Phi) is 6.59. The quantitative estimate of drug-likeness (QED) is 0.637. The average Bonchev–Trinajstić information content (AvgIpc) is 3.16. The molecule has 2 aromatic rings. The molecular formula is C26H28F3N3O2. The van der Waals surface area contributed by atoms with Gasteiger partial charge in [-0.3, -0.25) is 4.79 Å².